The smallest absolute Gasteiger partial charge is 0.232 e. The highest BCUT2D eigenvalue weighted by atomic mass is 35.5. The summed E-state index contributed by atoms with van der Waals surface area (Å²) in [6.45, 7) is 0.424. The zero-order valence-corrected chi connectivity index (χ0v) is 15.9. The molecule has 5 nitrogen and oxygen atoms in total. The van der Waals surface area contributed by atoms with E-state index in [1.165, 1.54) is 16.4 Å². The topological polar surface area (TPSA) is 66.5 Å². The molecule has 2 aromatic rings. The Morgan fingerprint density at radius 3 is 2.31 bits per heavy atom. The van der Waals surface area contributed by atoms with Crippen LogP contribution in [-0.4, -0.2) is 33.7 Å². The molecule has 26 heavy (non-hydrogen) atoms. The van der Waals surface area contributed by atoms with Gasteiger partial charge in [0.15, 0.2) is 0 Å². The maximum atomic E-state index is 12.8. The van der Waals surface area contributed by atoms with Crippen LogP contribution < -0.4 is 9.62 Å². The van der Waals surface area contributed by atoms with Crippen molar-refractivity contribution >= 4 is 33.2 Å². The molecule has 2 aromatic carbocycles. The summed E-state index contributed by atoms with van der Waals surface area (Å²) >= 11 is 5.82. The van der Waals surface area contributed by atoms with Crippen LogP contribution in [0.15, 0.2) is 48.5 Å². The predicted molar refractivity (Wildman–Crippen MR) is 101 cm³/mol. The first-order valence-electron chi connectivity index (χ1n) is 8.00. The molecule has 0 aliphatic carbocycles. The molecule has 0 aromatic heterocycles. The molecule has 0 radical (unpaired) electrons. The van der Waals surface area contributed by atoms with Gasteiger partial charge in [-0.05, 0) is 48.4 Å². The summed E-state index contributed by atoms with van der Waals surface area (Å²) in [6.07, 6.45) is 1.69. The van der Waals surface area contributed by atoms with Crippen LogP contribution in [0.2, 0.25) is 5.02 Å². The van der Waals surface area contributed by atoms with E-state index in [9.17, 15) is 17.6 Å². The number of halogens is 2. The minimum absolute atomic E-state index is 0.0269. The highest BCUT2D eigenvalue weighted by Gasteiger charge is 2.18. The number of benzene rings is 2. The van der Waals surface area contributed by atoms with Crippen molar-refractivity contribution in [1.29, 1.82) is 0 Å². The van der Waals surface area contributed by atoms with Gasteiger partial charge in [-0.3, -0.25) is 9.10 Å². The number of hydrogen-bond donors (Lipinski definition) is 1. The minimum atomic E-state index is -3.52. The van der Waals surface area contributed by atoms with E-state index in [4.69, 9.17) is 11.6 Å². The highest BCUT2D eigenvalue weighted by Crippen LogP contribution is 2.20. The van der Waals surface area contributed by atoms with Crippen molar-refractivity contribution in [3.8, 4) is 0 Å². The van der Waals surface area contributed by atoms with Crippen molar-refractivity contribution in [3.05, 3.63) is 64.9 Å². The summed E-state index contributed by atoms with van der Waals surface area (Å²) in [5.41, 5.74) is 1.36. The second-order valence-corrected chi connectivity index (χ2v) is 8.13. The summed E-state index contributed by atoms with van der Waals surface area (Å²) in [4.78, 5) is 12.0. The zero-order chi connectivity index (χ0) is 19.2. The van der Waals surface area contributed by atoms with Crippen molar-refractivity contribution in [2.75, 3.05) is 23.7 Å². The van der Waals surface area contributed by atoms with Gasteiger partial charge in [-0.25, -0.2) is 12.8 Å². The average molecular weight is 399 g/mol. The molecule has 0 heterocycles. The Bertz CT molecular complexity index is 840. The SMILES string of the molecule is CS(=O)(=O)N(CCC(=O)NCCc1ccc(F)cc1)c1ccc(Cl)cc1. The molecule has 0 saturated heterocycles. The average Bonchev–Trinajstić information content (AvgIpc) is 2.57. The van der Waals surface area contributed by atoms with Gasteiger partial charge in [0.1, 0.15) is 5.82 Å². The predicted octanol–water partition coefficient (Wildman–Crippen LogP) is 2.99. The number of sulfonamides is 1. The van der Waals surface area contributed by atoms with E-state index >= 15 is 0 Å². The lowest BCUT2D eigenvalue weighted by Gasteiger charge is -2.22. The van der Waals surface area contributed by atoms with Crippen LogP contribution in [0.5, 0.6) is 0 Å². The van der Waals surface area contributed by atoms with Crippen LogP contribution in [0.25, 0.3) is 0 Å². The first-order chi connectivity index (χ1) is 12.3. The van der Waals surface area contributed by atoms with Gasteiger partial charge in [0, 0.05) is 24.5 Å². The van der Waals surface area contributed by atoms with Crippen LogP contribution >= 0.6 is 11.6 Å². The summed E-state index contributed by atoms with van der Waals surface area (Å²) in [7, 11) is -3.52. The first kappa shape index (κ1) is 20.2. The lowest BCUT2D eigenvalue weighted by atomic mass is 10.1. The number of carbonyl (C=O) groups excluding carboxylic acids is 1. The number of anilines is 1. The summed E-state index contributed by atoms with van der Waals surface area (Å²) in [5.74, 6) is -0.560. The lowest BCUT2D eigenvalue weighted by molar-refractivity contribution is -0.120. The van der Waals surface area contributed by atoms with Crippen LogP contribution in [0.3, 0.4) is 0 Å². The fourth-order valence-electron chi connectivity index (χ4n) is 2.38. The van der Waals surface area contributed by atoms with Gasteiger partial charge < -0.3 is 5.32 Å². The molecule has 0 fully saturated rings. The molecule has 0 bridgehead atoms. The Morgan fingerprint density at radius 1 is 1.12 bits per heavy atom. The van der Waals surface area contributed by atoms with Gasteiger partial charge >= 0.3 is 0 Å². The Morgan fingerprint density at radius 2 is 1.73 bits per heavy atom. The maximum absolute atomic E-state index is 12.8. The fraction of sp³-hybridized carbons (Fsp3) is 0.278. The highest BCUT2D eigenvalue weighted by molar-refractivity contribution is 7.92. The number of amides is 1. The molecule has 0 aliphatic rings. The van der Waals surface area contributed by atoms with Crippen LogP contribution in [0.4, 0.5) is 10.1 Å². The molecule has 0 atom stereocenters. The third-order valence-electron chi connectivity index (χ3n) is 3.71. The van der Waals surface area contributed by atoms with Crippen molar-refractivity contribution in [3.63, 3.8) is 0 Å². The third-order valence-corrected chi connectivity index (χ3v) is 5.15. The minimum Gasteiger partial charge on any atom is -0.356 e. The molecule has 0 spiro atoms. The van der Waals surface area contributed by atoms with Crippen LogP contribution in [-0.2, 0) is 21.2 Å². The first-order valence-corrected chi connectivity index (χ1v) is 10.2. The molecule has 1 amide bonds. The Balaban J connectivity index is 1.86. The van der Waals surface area contributed by atoms with E-state index < -0.39 is 10.0 Å². The summed E-state index contributed by atoms with van der Waals surface area (Å²) < 4.78 is 38.0. The van der Waals surface area contributed by atoms with E-state index in [1.54, 1.807) is 36.4 Å². The van der Waals surface area contributed by atoms with E-state index in [-0.39, 0.29) is 24.7 Å². The number of rotatable bonds is 8. The quantitative estimate of drug-likeness (QED) is 0.743. The molecule has 0 aliphatic heterocycles. The van der Waals surface area contributed by atoms with Gasteiger partial charge in [0.05, 0.1) is 11.9 Å². The molecule has 140 valence electrons. The van der Waals surface area contributed by atoms with Gasteiger partial charge in [0.2, 0.25) is 15.9 Å². The second kappa shape index (κ2) is 9.00. The normalized spacial score (nSPS) is 11.2. The molecule has 8 heteroatoms. The number of hydrogen-bond acceptors (Lipinski definition) is 3. The largest absolute Gasteiger partial charge is 0.356 e. The second-order valence-electron chi connectivity index (χ2n) is 5.79. The van der Waals surface area contributed by atoms with E-state index in [0.717, 1.165) is 11.8 Å². The fourth-order valence-corrected chi connectivity index (χ4v) is 3.44. The number of carbonyl (C=O) groups is 1. The maximum Gasteiger partial charge on any atom is 0.232 e. The summed E-state index contributed by atoms with van der Waals surface area (Å²) in [5, 5.41) is 3.24. The van der Waals surface area contributed by atoms with Crippen molar-refractivity contribution in [2.24, 2.45) is 0 Å². The van der Waals surface area contributed by atoms with E-state index in [2.05, 4.69) is 5.32 Å². The van der Waals surface area contributed by atoms with E-state index in [1.807, 2.05) is 0 Å². The van der Waals surface area contributed by atoms with Crippen molar-refractivity contribution in [1.82, 2.24) is 5.32 Å². The Kier molecular flexibility index (Phi) is 6.99. The van der Waals surface area contributed by atoms with Crippen molar-refractivity contribution in [2.45, 2.75) is 12.8 Å². The molecule has 2 rings (SSSR count). The Labute approximate surface area is 157 Å². The van der Waals surface area contributed by atoms with Gasteiger partial charge in [-0.1, -0.05) is 23.7 Å². The van der Waals surface area contributed by atoms with Gasteiger partial charge in [0.25, 0.3) is 0 Å². The number of nitrogens with zero attached hydrogens (tertiary/aromatic N) is 1. The molecular weight excluding hydrogens is 379 g/mol. The molecule has 0 unspecified atom stereocenters. The summed E-state index contributed by atoms with van der Waals surface area (Å²) in [6, 6.07) is 12.4. The van der Waals surface area contributed by atoms with Crippen LogP contribution in [0.1, 0.15) is 12.0 Å². The Hall–Kier alpha value is -2.12. The van der Waals surface area contributed by atoms with Crippen molar-refractivity contribution < 1.29 is 17.6 Å². The monoisotopic (exact) mass is 398 g/mol. The lowest BCUT2D eigenvalue weighted by Crippen LogP contribution is -2.35. The number of nitrogens with one attached hydrogen (secondary N) is 1. The zero-order valence-electron chi connectivity index (χ0n) is 14.3. The van der Waals surface area contributed by atoms with E-state index in [0.29, 0.717) is 23.7 Å². The van der Waals surface area contributed by atoms with Gasteiger partial charge in [-0.15, -0.1) is 0 Å². The molecule has 1 N–H and O–H groups in total. The molecule has 0 saturated carbocycles. The van der Waals surface area contributed by atoms with Gasteiger partial charge in [-0.2, -0.15) is 0 Å². The standard InChI is InChI=1S/C18H20ClFN2O3S/c1-26(24,25)22(17-8-4-15(19)5-9-17)13-11-18(23)21-12-10-14-2-6-16(20)7-3-14/h2-9H,10-13H2,1H3,(H,21,23). The molecular formula is C18H20ClFN2O3S. The third kappa shape index (κ3) is 6.31. The van der Waals surface area contributed by atoms with Crippen LogP contribution in [0, 0.1) is 5.82 Å².